The Morgan fingerprint density at radius 3 is 2.10 bits per heavy atom. The van der Waals surface area contributed by atoms with Crippen molar-refractivity contribution in [2.75, 3.05) is 0 Å². The highest BCUT2D eigenvalue weighted by molar-refractivity contribution is 7.56. The fourth-order valence-electron chi connectivity index (χ4n) is 0.450. The lowest BCUT2D eigenvalue weighted by molar-refractivity contribution is -0.116. The molecule has 0 aliphatic carbocycles. The Kier molecular flexibility index (Phi) is 5.33. The zero-order valence-corrected chi connectivity index (χ0v) is 7.81. The van der Waals surface area contributed by atoms with Crippen LogP contribution in [0.2, 0.25) is 5.82 Å². The van der Waals surface area contributed by atoms with Crippen LogP contribution in [0.1, 0.15) is 6.42 Å². The van der Waals surface area contributed by atoms with E-state index in [1.54, 1.807) is 0 Å². The first-order valence-corrected chi connectivity index (χ1v) is 4.23. The average molecular weight is 199 g/mol. The second kappa shape index (κ2) is 5.12. The summed E-state index contributed by atoms with van der Waals surface area (Å²) in [6.07, 6.45) is 0.0212. The fourth-order valence-corrected chi connectivity index (χ4v) is 1.33. The van der Waals surface area contributed by atoms with Crippen molar-refractivity contribution < 1.29 is 9.59 Å². The minimum atomic E-state index is -0.526. The molecular formula is C4H6BCl2O2P. The van der Waals surface area contributed by atoms with Gasteiger partial charge in [0.1, 0.15) is 0 Å². The highest BCUT2D eigenvalue weighted by atomic mass is 35.5. The van der Waals surface area contributed by atoms with E-state index in [0.717, 1.165) is 0 Å². The molecule has 0 aromatic carbocycles. The highest BCUT2D eigenvalue weighted by Crippen LogP contribution is 2.16. The molecular weight excluding hydrogens is 193 g/mol. The van der Waals surface area contributed by atoms with Gasteiger partial charge in [-0.05, 0) is 23.2 Å². The van der Waals surface area contributed by atoms with Crippen molar-refractivity contribution in [2.45, 2.75) is 12.2 Å². The van der Waals surface area contributed by atoms with Gasteiger partial charge >= 0.3 is 0 Å². The van der Waals surface area contributed by atoms with Crippen molar-refractivity contribution >= 4 is 49.8 Å². The molecule has 0 fully saturated rings. The zero-order valence-electron chi connectivity index (χ0n) is 5.14. The molecule has 0 radical (unpaired) electrons. The minimum absolute atomic E-state index is 0.0212. The molecule has 6 heteroatoms. The summed E-state index contributed by atoms with van der Waals surface area (Å²) in [4.78, 5) is 20.7. The van der Waals surface area contributed by atoms with Crippen LogP contribution >= 0.6 is 32.3 Å². The van der Waals surface area contributed by atoms with Crippen molar-refractivity contribution in [3.8, 4) is 0 Å². The Balaban J connectivity index is 3.83. The Morgan fingerprint density at radius 2 is 2.00 bits per heavy atom. The van der Waals surface area contributed by atoms with Crippen LogP contribution in [0.3, 0.4) is 0 Å². The molecule has 0 aromatic rings. The van der Waals surface area contributed by atoms with E-state index in [1.165, 1.54) is 0 Å². The first-order valence-electron chi connectivity index (χ1n) is 2.65. The van der Waals surface area contributed by atoms with Gasteiger partial charge in [-0.25, -0.2) is 0 Å². The quantitative estimate of drug-likeness (QED) is 0.383. The van der Waals surface area contributed by atoms with Crippen molar-refractivity contribution in [3.63, 3.8) is 0 Å². The molecule has 0 heterocycles. The molecule has 0 saturated carbocycles. The summed E-state index contributed by atoms with van der Waals surface area (Å²) < 4.78 is 0. The number of hydrogen-bond donors (Lipinski definition) is 0. The summed E-state index contributed by atoms with van der Waals surface area (Å²) in [5.41, 5.74) is 0. The van der Waals surface area contributed by atoms with Crippen molar-refractivity contribution in [1.29, 1.82) is 0 Å². The Morgan fingerprint density at radius 1 is 1.50 bits per heavy atom. The normalized spacial score (nSPS) is 12.3. The zero-order chi connectivity index (χ0) is 8.15. The molecule has 0 aromatic heterocycles. The van der Waals surface area contributed by atoms with Gasteiger partial charge < -0.3 is 0 Å². The minimum Gasteiger partial charge on any atom is -0.282 e. The van der Waals surface area contributed by atoms with E-state index in [2.05, 4.69) is 9.12 Å². The van der Waals surface area contributed by atoms with Crippen LogP contribution in [0.15, 0.2) is 0 Å². The summed E-state index contributed by atoms with van der Waals surface area (Å²) in [6, 6.07) is 0. The van der Waals surface area contributed by atoms with E-state index in [1.807, 2.05) is 0 Å². The maximum Gasteiger partial charge on any atom is 0.221 e. The lowest BCUT2D eigenvalue weighted by atomic mass is 9.84. The molecule has 0 spiro atoms. The summed E-state index contributed by atoms with van der Waals surface area (Å²) in [5, 5.41) is -1.04. The maximum atomic E-state index is 10.5. The molecule has 2 atom stereocenters. The lowest BCUT2D eigenvalue weighted by Gasteiger charge is -2.02. The average Bonchev–Trinajstić information content (AvgIpc) is 1.81. The molecule has 10 heavy (non-hydrogen) atoms. The number of rotatable bonds is 4. The summed E-state index contributed by atoms with van der Waals surface area (Å²) in [7, 11) is 2.34. The number of hydrogen-bond acceptors (Lipinski definition) is 2. The molecule has 0 saturated heterocycles. The number of carbonyl (C=O) groups excluding carboxylic acids is 2. The van der Waals surface area contributed by atoms with Crippen LogP contribution in [0, 0.1) is 0 Å². The van der Waals surface area contributed by atoms with Crippen molar-refractivity contribution in [2.24, 2.45) is 0 Å². The molecule has 2 nitrogen and oxygen atoms in total. The van der Waals surface area contributed by atoms with E-state index in [9.17, 15) is 9.59 Å². The van der Waals surface area contributed by atoms with Gasteiger partial charge in [0.15, 0.2) is 7.00 Å². The van der Waals surface area contributed by atoms with Gasteiger partial charge in [0.2, 0.25) is 10.5 Å². The monoisotopic (exact) mass is 198 g/mol. The molecule has 0 rings (SSSR count). The van der Waals surface area contributed by atoms with E-state index >= 15 is 0 Å². The summed E-state index contributed by atoms with van der Waals surface area (Å²) >= 11 is 10.2. The molecule has 2 unspecified atom stereocenters. The van der Waals surface area contributed by atoms with Gasteiger partial charge in [0, 0.05) is 12.2 Å². The largest absolute Gasteiger partial charge is 0.282 e. The topological polar surface area (TPSA) is 34.1 Å². The second-order valence-corrected chi connectivity index (χ2v) is 3.06. The van der Waals surface area contributed by atoms with Crippen molar-refractivity contribution in [1.82, 2.24) is 0 Å². The van der Waals surface area contributed by atoms with E-state index in [-0.39, 0.29) is 6.42 Å². The molecule has 0 bridgehead atoms. The predicted molar refractivity (Wildman–Crippen MR) is 46.9 cm³/mol. The maximum absolute atomic E-state index is 10.5. The fraction of sp³-hybridized carbons (Fsp3) is 0.500. The van der Waals surface area contributed by atoms with Gasteiger partial charge in [-0.2, -0.15) is 9.12 Å². The third-order valence-corrected chi connectivity index (χ3v) is 2.04. The lowest BCUT2D eigenvalue weighted by Crippen LogP contribution is -2.08. The second-order valence-electron chi connectivity index (χ2n) is 1.80. The molecule has 56 valence electrons. The number of halogens is 2. The molecule has 0 aliphatic rings. The van der Waals surface area contributed by atoms with E-state index in [4.69, 9.17) is 23.2 Å². The van der Waals surface area contributed by atoms with Gasteiger partial charge in [-0.15, -0.1) is 0 Å². The molecule has 0 aliphatic heterocycles. The summed E-state index contributed by atoms with van der Waals surface area (Å²) in [5.74, 6) is -0.448. The van der Waals surface area contributed by atoms with Gasteiger partial charge in [0.05, 0.1) is 0 Å². The van der Waals surface area contributed by atoms with Crippen LogP contribution in [0.4, 0.5) is 0 Å². The Hall–Kier alpha value is 0.415. The number of carbonyl (C=O) groups is 2. The van der Waals surface area contributed by atoms with E-state index < -0.39 is 16.3 Å². The van der Waals surface area contributed by atoms with Crippen LogP contribution in [0.5, 0.6) is 0 Å². The molecule has 0 amide bonds. The predicted octanol–water partition coefficient (Wildman–Crippen LogP) is 0.922. The van der Waals surface area contributed by atoms with Gasteiger partial charge in [-0.1, -0.05) is 0 Å². The van der Waals surface area contributed by atoms with Gasteiger partial charge in [-0.3, -0.25) is 9.59 Å². The third-order valence-electron chi connectivity index (χ3n) is 1.01. The van der Waals surface area contributed by atoms with Crippen LogP contribution in [-0.2, 0) is 9.59 Å². The van der Waals surface area contributed by atoms with Gasteiger partial charge in [0.25, 0.3) is 0 Å². The van der Waals surface area contributed by atoms with Crippen LogP contribution in [0.25, 0.3) is 0 Å². The van der Waals surface area contributed by atoms with E-state index in [0.29, 0.717) is 7.00 Å². The summed E-state index contributed by atoms with van der Waals surface area (Å²) in [6.45, 7) is 0.473. The third kappa shape index (κ3) is 4.27. The van der Waals surface area contributed by atoms with Crippen LogP contribution < -0.4 is 0 Å². The highest BCUT2D eigenvalue weighted by Gasteiger charge is 2.17. The SMILES string of the molecule is O=C(Cl)CC(BP)C(=O)Cl. The molecule has 0 N–H and O–H groups in total. The van der Waals surface area contributed by atoms with Crippen LogP contribution in [-0.4, -0.2) is 17.5 Å². The first-order chi connectivity index (χ1) is 4.57. The smallest absolute Gasteiger partial charge is 0.221 e. The Labute approximate surface area is 72.0 Å². The Bertz CT molecular complexity index is 152. The van der Waals surface area contributed by atoms with Crippen molar-refractivity contribution in [3.05, 3.63) is 0 Å². The standard InChI is InChI=1S/C4H6BCl2O2P/c6-3(8)1-2(5-10)4(7)9/h2,5H,1,10H2. The first kappa shape index (κ1) is 10.4.